The first kappa shape index (κ1) is 21.1. The normalized spacial score (nSPS) is 10.9. The molecule has 0 saturated heterocycles. The minimum Gasteiger partial charge on any atom is -0.497 e. The van der Waals surface area contributed by atoms with E-state index in [0.717, 1.165) is 23.0 Å². The number of guanidine groups is 1. The Morgan fingerprint density at radius 3 is 2.00 bits per heavy atom. The molecule has 0 saturated carbocycles. The average Bonchev–Trinajstić information content (AvgIpc) is 2.74. The molecule has 7 nitrogen and oxygen atoms in total. The Bertz CT molecular complexity index is 773. The summed E-state index contributed by atoms with van der Waals surface area (Å²) in [6.45, 7) is 1.77. The highest BCUT2D eigenvalue weighted by atomic mass is 16.5. The van der Waals surface area contributed by atoms with Gasteiger partial charge in [-0.15, -0.1) is 0 Å². The molecule has 2 N–H and O–H groups in total. The van der Waals surface area contributed by atoms with Crippen LogP contribution in [0.2, 0.25) is 0 Å². The third kappa shape index (κ3) is 6.19. The number of carbonyl (C=O) groups is 1. The second-order valence-corrected chi connectivity index (χ2v) is 6.16. The van der Waals surface area contributed by atoms with Crippen LogP contribution < -0.4 is 20.1 Å². The van der Waals surface area contributed by atoms with Crippen LogP contribution in [0.3, 0.4) is 0 Å². The number of aliphatic imine (C=N–C) groups is 1. The van der Waals surface area contributed by atoms with Crippen molar-refractivity contribution in [2.45, 2.75) is 6.54 Å². The number of hydrogen-bond acceptors (Lipinski definition) is 4. The van der Waals surface area contributed by atoms with E-state index in [1.54, 1.807) is 45.5 Å². The Morgan fingerprint density at radius 2 is 1.46 bits per heavy atom. The molecular formula is C21H28N4O3. The first-order valence-electron chi connectivity index (χ1n) is 9.04. The maximum atomic E-state index is 12.2. The van der Waals surface area contributed by atoms with Crippen LogP contribution in [0.25, 0.3) is 0 Å². The van der Waals surface area contributed by atoms with Crippen LogP contribution in [-0.4, -0.2) is 58.2 Å². The first-order valence-corrected chi connectivity index (χ1v) is 9.04. The van der Waals surface area contributed by atoms with Gasteiger partial charge in [-0.05, 0) is 42.0 Å². The molecule has 0 heterocycles. The van der Waals surface area contributed by atoms with Crippen molar-refractivity contribution < 1.29 is 14.3 Å². The summed E-state index contributed by atoms with van der Waals surface area (Å²) in [5.74, 6) is 2.20. The van der Waals surface area contributed by atoms with Crippen LogP contribution in [0.1, 0.15) is 15.9 Å². The Kier molecular flexibility index (Phi) is 8.14. The van der Waals surface area contributed by atoms with E-state index in [1.165, 1.54) is 0 Å². The number of rotatable bonds is 8. The molecule has 0 bridgehead atoms. The van der Waals surface area contributed by atoms with Crippen molar-refractivity contribution in [3.63, 3.8) is 0 Å². The average molecular weight is 384 g/mol. The van der Waals surface area contributed by atoms with Crippen molar-refractivity contribution in [1.82, 2.24) is 15.5 Å². The Balaban J connectivity index is 1.76. The van der Waals surface area contributed by atoms with Gasteiger partial charge in [0.05, 0.1) is 14.2 Å². The monoisotopic (exact) mass is 384 g/mol. The highest BCUT2D eigenvalue weighted by Gasteiger charge is 2.08. The molecular weight excluding hydrogens is 356 g/mol. The molecule has 0 aliphatic heterocycles. The zero-order chi connectivity index (χ0) is 20.4. The Labute approximate surface area is 166 Å². The predicted molar refractivity (Wildman–Crippen MR) is 111 cm³/mol. The highest BCUT2D eigenvalue weighted by Crippen LogP contribution is 2.13. The maximum Gasteiger partial charge on any atom is 0.251 e. The van der Waals surface area contributed by atoms with Crippen LogP contribution in [0, 0.1) is 0 Å². The number of amides is 1. The molecule has 0 fully saturated rings. The molecule has 0 aliphatic carbocycles. The minimum absolute atomic E-state index is 0.119. The summed E-state index contributed by atoms with van der Waals surface area (Å²) in [7, 11) is 6.96. The largest absolute Gasteiger partial charge is 0.497 e. The van der Waals surface area contributed by atoms with Crippen LogP contribution in [0.4, 0.5) is 0 Å². The summed E-state index contributed by atoms with van der Waals surface area (Å²) >= 11 is 0. The van der Waals surface area contributed by atoms with Crippen molar-refractivity contribution in [3.8, 4) is 11.5 Å². The summed E-state index contributed by atoms with van der Waals surface area (Å²) in [6.07, 6.45) is 0. The Hall–Kier alpha value is -3.22. The van der Waals surface area contributed by atoms with Gasteiger partial charge in [0.25, 0.3) is 5.91 Å². The SMILES string of the molecule is CN=C(NCCNC(=O)c1ccc(OC)cc1)N(C)Cc1ccc(OC)cc1. The van der Waals surface area contributed by atoms with Gasteiger partial charge in [-0.1, -0.05) is 12.1 Å². The summed E-state index contributed by atoms with van der Waals surface area (Å²) in [5, 5.41) is 6.14. The summed E-state index contributed by atoms with van der Waals surface area (Å²) in [5.41, 5.74) is 1.75. The number of methoxy groups -OCH3 is 2. The topological polar surface area (TPSA) is 75.2 Å². The second-order valence-electron chi connectivity index (χ2n) is 6.16. The van der Waals surface area contributed by atoms with Crippen molar-refractivity contribution in [1.29, 1.82) is 0 Å². The van der Waals surface area contributed by atoms with Crippen molar-refractivity contribution >= 4 is 11.9 Å². The van der Waals surface area contributed by atoms with E-state index < -0.39 is 0 Å². The number of hydrogen-bond donors (Lipinski definition) is 2. The molecule has 150 valence electrons. The highest BCUT2D eigenvalue weighted by molar-refractivity contribution is 5.94. The lowest BCUT2D eigenvalue weighted by Gasteiger charge is -2.22. The molecule has 28 heavy (non-hydrogen) atoms. The van der Waals surface area contributed by atoms with Crippen LogP contribution in [-0.2, 0) is 6.54 Å². The van der Waals surface area contributed by atoms with Gasteiger partial charge in [0.15, 0.2) is 5.96 Å². The van der Waals surface area contributed by atoms with E-state index in [2.05, 4.69) is 15.6 Å². The van der Waals surface area contributed by atoms with Crippen LogP contribution in [0.15, 0.2) is 53.5 Å². The fourth-order valence-electron chi connectivity index (χ4n) is 2.66. The minimum atomic E-state index is -0.119. The molecule has 0 aromatic heterocycles. The standard InChI is InChI=1S/C21H28N4O3/c1-22-21(25(2)15-16-5-9-18(27-3)10-6-16)24-14-13-23-20(26)17-7-11-19(28-4)12-8-17/h5-12H,13-15H2,1-4H3,(H,22,24)(H,23,26). The van der Waals surface area contributed by atoms with Gasteiger partial charge in [-0.25, -0.2) is 0 Å². The maximum absolute atomic E-state index is 12.2. The van der Waals surface area contributed by atoms with Gasteiger partial charge >= 0.3 is 0 Å². The zero-order valence-corrected chi connectivity index (χ0v) is 16.9. The third-order valence-corrected chi connectivity index (χ3v) is 4.20. The number of carbonyl (C=O) groups excluding carboxylic acids is 1. The molecule has 2 aromatic rings. The fraction of sp³-hybridized carbons (Fsp3) is 0.333. The van der Waals surface area contributed by atoms with E-state index in [-0.39, 0.29) is 5.91 Å². The van der Waals surface area contributed by atoms with Gasteiger partial charge in [0.1, 0.15) is 11.5 Å². The lowest BCUT2D eigenvalue weighted by atomic mass is 10.2. The van der Waals surface area contributed by atoms with Crippen molar-refractivity contribution in [2.75, 3.05) is 41.4 Å². The molecule has 1 amide bonds. The van der Waals surface area contributed by atoms with E-state index in [1.807, 2.05) is 36.2 Å². The third-order valence-electron chi connectivity index (χ3n) is 4.20. The number of nitrogens with zero attached hydrogens (tertiary/aromatic N) is 2. The van der Waals surface area contributed by atoms with E-state index in [4.69, 9.17) is 9.47 Å². The lowest BCUT2D eigenvalue weighted by molar-refractivity contribution is 0.0954. The van der Waals surface area contributed by atoms with Crippen molar-refractivity contribution in [3.05, 3.63) is 59.7 Å². The quantitative estimate of drug-likeness (QED) is 0.414. The number of nitrogens with one attached hydrogen (secondary N) is 2. The zero-order valence-electron chi connectivity index (χ0n) is 16.9. The van der Waals surface area contributed by atoms with Crippen molar-refractivity contribution in [2.24, 2.45) is 4.99 Å². The summed E-state index contributed by atoms with van der Waals surface area (Å²) in [6, 6.07) is 14.9. The summed E-state index contributed by atoms with van der Waals surface area (Å²) in [4.78, 5) is 18.5. The van der Waals surface area contributed by atoms with Crippen LogP contribution >= 0.6 is 0 Å². The molecule has 2 aromatic carbocycles. The molecule has 0 atom stereocenters. The number of ether oxygens (including phenoxy) is 2. The molecule has 0 aliphatic rings. The summed E-state index contributed by atoms with van der Waals surface area (Å²) < 4.78 is 10.3. The number of benzene rings is 2. The molecule has 0 radical (unpaired) electrons. The lowest BCUT2D eigenvalue weighted by Crippen LogP contribution is -2.42. The predicted octanol–water partition coefficient (Wildman–Crippen LogP) is 2.14. The Morgan fingerprint density at radius 1 is 0.929 bits per heavy atom. The van der Waals surface area contributed by atoms with Crippen LogP contribution in [0.5, 0.6) is 11.5 Å². The van der Waals surface area contributed by atoms with Gasteiger partial charge in [-0.3, -0.25) is 9.79 Å². The van der Waals surface area contributed by atoms with E-state index in [0.29, 0.717) is 25.2 Å². The van der Waals surface area contributed by atoms with Gasteiger partial charge in [0, 0.05) is 39.3 Å². The molecule has 0 unspecified atom stereocenters. The van der Waals surface area contributed by atoms with Gasteiger partial charge in [0.2, 0.25) is 0 Å². The molecule has 7 heteroatoms. The smallest absolute Gasteiger partial charge is 0.251 e. The van der Waals surface area contributed by atoms with Gasteiger partial charge in [-0.2, -0.15) is 0 Å². The molecule has 2 rings (SSSR count). The van der Waals surface area contributed by atoms with Gasteiger partial charge < -0.3 is 25.0 Å². The first-order chi connectivity index (χ1) is 13.6. The fourth-order valence-corrected chi connectivity index (χ4v) is 2.66. The second kappa shape index (κ2) is 10.8. The molecule has 0 spiro atoms. The van der Waals surface area contributed by atoms with E-state index in [9.17, 15) is 4.79 Å². The van der Waals surface area contributed by atoms with E-state index >= 15 is 0 Å².